The standard InChI is InChI=1S/C24H26N4O4/c1-3-32-16-7-8-19-17(12-16)18-13-24(2)22(30)27(10-9-25)23(31)28(24)21(20(18)26-19)14-5-4-6-15(29)11-14/h4-8,11-12,21,26,29H,3,9-10,13,25H2,1-2H3. The van der Waals surface area contributed by atoms with Gasteiger partial charge in [0.25, 0.3) is 5.91 Å². The van der Waals surface area contributed by atoms with E-state index in [1.807, 2.05) is 38.1 Å². The van der Waals surface area contributed by atoms with Crippen molar-refractivity contribution in [3.63, 3.8) is 0 Å². The Morgan fingerprint density at radius 2 is 2.06 bits per heavy atom. The third-order valence-electron chi connectivity index (χ3n) is 6.49. The summed E-state index contributed by atoms with van der Waals surface area (Å²) in [5.74, 6) is 0.601. The van der Waals surface area contributed by atoms with Crippen LogP contribution in [-0.4, -0.2) is 57.1 Å². The lowest BCUT2D eigenvalue weighted by molar-refractivity contribution is -0.133. The molecule has 0 spiro atoms. The van der Waals surface area contributed by atoms with Gasteiger partial charge >= 0.3 is 6.03 Å². The molecule has 166 valence electrons. The lowest BCUT2D eigenvalue weighted by Crippen LogP contribution is -2.53. The van der Waals surface area contributed by atoms with Crippen LogP contribution in [0.1, 0.15) is 36.7 Å². The van der Waals surface area contributed by atoms with Crippen molar-refractivity contribution >= 4 is 22.8 Å². The second-order valence-corrected chi connectivity index (χ2v) is 8.50. The number of nitrogens with one attached hydrogen (secondary N) is 1. The van der Waals surface area contributed by atoms with Gasteiger partial charge in [-0.1, -0.05) is 12.1 Å². The number of hydrogen-bond acceptors (Lipinski definition) is 5. The highest BCUT2D eigenvalue weighted by Gasteiger charge is 2.59. The number of nitrogens with zero attached hydrogens (tertiary/aromatic N) is 2. The predicted molar refractivity (Wildman–Crippen MR) is 120 cm³/mol. The Hall–Kier alpha value is -3.52. The van der Waals surface area contributed by atoms with Crippen molar-refractivity contribution in [1.29, 1.82) is 0 Å². The van der Waals surface area contributed by atoms with E-state index < -0.39 is 11.6 Å². The molecule has 8 heteroatoms. The van der Waals surface area contributed by atoms with Gasteiger partial charge < -0.3 is 20.6 Å². The maximum atomic E-state index is 13.5. The van der Waals surface area contributed by atoms with E-state index in [0.29, 0.717) is 13.0 Å². The molecule has 1 aromatic heterocycles. The molecule has 2 aromatic carbocycles. The summed E-state index contributed by atoms with van der Waals surface area (Å²) in [4.78, 5) is 33.3. The van der Waals surface area contributed by atoms with E-state index in [1.54, 1.807) is 23.1 Å². The first-order valence-electron chi connectivity index (χ1n) is 10.8. The molecule has 2 aliphatic rings. The number of urea groups is 1. The number of carbonyl (C=O) groups excluding carboxylic acids is 2. The van der Waals surface area contributed by atoms with Crippen LogP contribution in [0.5, 0.6) is 11.5 Å². The van der Waals surface area contributed by atoms with Crippen LogP contribution in [0.25, 0.3) is 10.9 Å². The van der Waals surface area contributed by atoms with E-state index in [2.05, 4.69) is 4.98 Å². The van der Waals surface area contributed by atoms with Crippen molar-refractivity contribution < 1.29 is 19.4 Å². The molecule has 4 N–H and O–H groups in total. The number of rotatable bonds is 5. The Morgan fingerprint density at radius 3 is 2.78 bits per heavy atom. The quantitative estimate of drug-likeness (QED) is 0.535. The smallest absolute Gasteiger partial charge is 0.328 e. The largest absolute Gasteiger partial charge is 0.508 e. The highest BCUT2D eigenvalue weighted by molar-refractivity contribution is 6.08. The van der Waals surface area contributed by atoms with Gasteiger partial charge in [-0.2, -0.15) is 0 Å². The van der Waals surface area contributed by atoms with Crippen LogP contribution in [0.4, 0.5) is 4.79 Å². The van der Waals surface area contributed by atoms with Crippen LogP contribution in [0.15, 0.2) is 42.5 Å². The molecule has 1 saturated heterocycles. The van der Waals surface area contributed by atoms with E-state index in [1.165, 1.54) is 4.90 Å². The van der Waals surface area contributed by atoms with Crippen LogP contribution in [-0.2, 0) is 11.2 Å². The molecule has 0 aliphatic carbocycles. The lowest BCUT2D eigenvalue weighted by Gasteiger charge is -2.42. The van der Waals surface area contributed by atoms with Gasteiger partial charge in [0.1, 0.15) is 23.1 Å². The average molecular weight is 434 g/mol. The molecule has 0 radical (unpaired) electrons. The molecule has 3 amide bonds. The van der Waals surface area contributed by atoms with Crippen molar-refractivity contribution in [2.75, 3.05) is 19.7 Å². The maximum Gasteiger partial charge on any atom is 0.328 e. The SMILES string of the molecule is CCOc1ccc2[nH]c3c(c2c1)CC1(C)C(=O)N(CCN)C(=O)N1C3c1cccc(O)c1. The van der Waals surface area contributed by atoms with Gasteiger partial charge in [-0.05, 0) is 55.3 Å². The molecule has 3 heterocycles. The number of aromatic nitrogens is 1. The van der Waals surface area contributed by atoms with Crippen LogP contribution in [0.2, 0.25) is 0 Å². The predicted octanol–water partition coefficient (Wildman–Crippen LogP) is 2.90. The number of ether oxygens (including phenoxy) is 1. The van der Waals surface area contributed by atoms with Crippen molar-refractivity contribution in [3.05, 3.63) is 59.3 Å². The molecule has 2 aliphatic heterocycles. The summed E-state index contributed by atoms with van der Waals surface area (Å²) in [6.45, 7) is 4.66. The first-order chi connectivity index (χ1) is 15.4. The fourth-order valence-electron chi connectivity index (χ4n) is 5.12. The van der Waals surface area contributed by atoms with Crippen LogP contribution in [0.3, 0.4) is 0 Å². The molecule has 2 unspecified atom stereocenters. The van der Waals surface area contributed by atoms with Crippen molar-refractivity contribution in [2.45, 2.75) is 31.8 Å². The minimum Gasteiger partial charge on any atom is -0.508 e. The summed E-state index contributed by atoms with van der Waals surface area (Å²) in [6, 6.07) is 11.7. The number of H-pyrrole nitrogens is 1. The van der Waals surface area contributed by atoms with Crippen LogP contribution < -0.4 is 10.5 Å². The van der Waals surface area contributed by atoms with Crippen LogP contribution in [0, 0.1) is 0 Å². The number of carbonyl (C=O) groups is 2. The number of benzene rings is 2. The second kappa shape index (κ2) is 7.27. The fraction of sp³-hybridized carbons (Fsp3) is 0.333. The first kappa shape index (κ1) is 20.4. The highest BCUT2D eigenvalue weighted by atomic mass is 16.5. The van der Waals surface area contributed by atoms with Crippen molar-refractivity contribution in [1.82, 2.24) is 14.8 Å². The van der Waals surface area contributed by atoms with Gasteiger partial charge in [0.05, 0.1) is 6.61 Å². The van der Waals surface area contributed by atoms with Gasteiger partial charge in [0.15, 0.2) is 0 Å². The second-order valence-electron chi connectivity index (χ2n) is 8.50. The normalized spacial score (nSPS) is 22.4. The summed E-state index contributed by atoms with van der Waals surface area (Å²) in [5, 5.41) is 11.1. The Morgan fingerprint density at radius 1 is 1.25 bits per heavy atom. The number of amides is 3. The van der Waals surface area contributed by atoms with Crippen molar-refractivity contribution in [3.8, 4) is 11.5 Å². The average Bonchev–Trinajstić information content (AvgIpc) is 3.21. The fourth-order valence-corrected chi connectivity index (χ4v) is 5.12. The summed E-state index contributed by atoms with van der Waals surface area (Å²) in [7, 11) is 0. The van der Waals surface area contributed by atoms with Gasteiger partial charge in [0.2, 0.25) is 0 Å². The van der Waals surface area contributed by atoms with E-state index >= 15 is 0 Å². The summed E-state index contributed by atoms with van der Waals surface area (Å²) in [5.41, 5.74) is 8.09. The Labute approximate surface area is 185 Å². The molecule has 8 nitrogen and oxygen atoms in total. The van der Waals surface area contributed by atoms with Crippen molar-refractivity contribution in [2.24, 2.45) is 5.73 Å². The zero-order chi connectivity index (χ0) is 22.6. The van der Waals surface area contributed by atoms with Gasteiger partial charge in [-0.25, -0.2) is 4.79 Å². The van der Waals surface area contributed by atoms with Gasteiger partial charge in [-0.3, -0.25) is 14.6 Å². The molecule has 0 bridgehead atoms. The molecule has 3 aromatic rings. The van der Waals surface area contributed by atoms with Crippen LogP contribution >= 0.6 is 0 Å². The third kappa shape index (κ3) is 2.79. The minimum atomic E-state index is -1.06. The molecule has 5 rings (SSSR count). The van der Waals surface area contributed by atoms with Gasteiger partial charge in [0, 0.05) is 36.1 Å². The first-order valence-corrected chi connectivity index (χ1v) is 10.8. The number of phenols is 1. The lowest BCUT2D eigenvalue weighted by atomic mass is 9.81. The summed E-state index contributed by atoms with van der Waals surface area (Å²) in [6.07, 6.45) is 0.374. The molecule has 32 heavy (non-hydrogen) atoms. The zero-order valence-corrected chi connectivity index (χ0v) is 18.1. The monoisotopic (exact) mass is 434 g/mol. The molecule has 0 saturated carbocycles. The Bertz CT molecular complexity index is 1240. The van der Waals surface area contributed by atoms with E-state index in [-0.39, 0.29) is 30.8 Å². The molecular weight excluding hydrogens is 408 g/mol. The molecule has 2 atom stereocenters. The zero-order valence-electron chi connectivity index (χ0n) is 18.1. The number of aromatic amines is 1. The van der Waals surface area contributed by atoms with E-state index in [0.717, 1.165) is 33.5 Å². The van der Waals surface area contributed by atoms with E-state index in [9.17, 15) is 14.7 Å². The Kier molecular flexibility index (Phi) is 4.63. The number of fused-ring (bicyclic) bond motifs is 4. The third-order valence-corrected chi connectivity index (χ3v) is 6.49. The van der Waals surface area contributed by atoms with E-state index in [4.69, 9.17) is 10.5 Å². The summed E-state index contributed by atoms with van der Waals surface area (Å²) < 4.78 is 5.70. The number of aromatic hydroxyl groups is 1. The number of hydrogen-bond donors (Lipinski definition) is 3. The molecule has 1 fully saturated rings. The minimum absolute atomic E-state index is 0.0999. The highest BCUT2D eigenvalue weighted by Crippen LogP contribution is 2.49. The summed E-state index contributed by atoms with van der Waals surface area (Å²) >= 11 is 0. The topological polar surface area (TPSA) is 112 Å². The maximum absolute atomic E-state index is 13.5. The number of imide groups is 1. The number of nitrogens with two attached hydrogens (primary N) is 1. The Balaban J connectivity index is 1.76. The number of phenolic OH excluding ortho intramolecular Hbond substituents is 1. The van der Waals surface area contributed by atoms with Gasteiger partial charge in [-0.15, -0.1) is 0 Å². The molecular formula is C24H26N4O4.